The average Bonchev–Trinajstić information content (AvgIpc) is 2.38. The Kier molecular flexibility index (Phi) is 4.61. The minimum atomic E-state index is 0.447. The molecule has 2 rings (SSSR count). The van der Waals surface area contributed by atoms with Gasteiger partial charge in [-0.2, -0.15) is 0 Å². The van der Waals surface area contributed by atoms with Crippen LogP contribution in [0.25, 0.3) is 11.1 Å². The number of hydrogen-bond acceptors (Lipinski definition) is 1. The quantitative estimate of drug-likeness (QED) is 0.856. The highest BCUT2D eigenvalue weighted by molar-refractivity contribution is 5.65. The molecule has 0 radical (unpaired) electrons. The number of aryl methyl sites for hydroxylation is 2. The fourth-order valence-electron chi connectivity index (χ4n) is 2.86. The molecule has 1 unspecified atom stereocenters. The summed E-state index contributed by atoms with van der Waals surface area (Å²) >= 11 is 0. The van der Waals surface area contributed by atoms with Gasteiger partial charge in [0.15, 0.2) is 0 Å². The van der Waals surface area contributed by atoms with Crippen molar-refractivity contribution in [2.24, 2.45) is 11.7 Å². The molecule has 0 heterocycles. The molecule has 0 saturated carbocycles. The third-order valence-corrected chi connectivity index (χ3v) is 3.95. The largest absolute Gasteiger partial charge is 0.330 e. The predicted molar refractivity (Wildman–Crippen MR) is 88.0 cm³/mol. The highest BCUT2D eigenvalue weighted by Gasteiger charge is 2.13. The van der Waals surface area contributed by atoms with Gasteiger partial charge >= 0.3 is 0 Å². The summed E-state index contributed by atoms with van der Waals surface area (Å²) in [5, 5.41) is 0. The summed E-state index contributed by atoms with van der Waals surface area (Å²) in [6.07, 6.45) is 0. The first-order chi connectivity index (χ1) is 9.51. The van der Waals surface area contributed by atoms with Gasteiger partial charge in [-0.3, -0.25) is 0 Å². The predicted octanol–water partition coefficient (Wildman–Crippen LogP) is 4.67. The second kappa shape index (κ2) is 6.23. The van der Waals surface area contributed by atoms with Crippen LogP contribution in [0.5, 0.6) is 0 Å². The lowest BCUT2D eigenvalue weighted by molar-refractivity contribution is 0.506. The van der Waals surface area contributed by atoms with Crippen molar-refractivity contribution in [1.82, 2.24) is 0 Å². The SMILES string of the molecule is Cc1cc(C)cc(-c2ccc(C(CN)C(C)C)cc2)c1. The van der Waals surface area contributed by atoms with E-state index >= 15 is 0 Å². The van der Waals surface area contributed by atoms with Crippen LogP contribution in [-0.2, 0) is 0 Å². The molecule has 0 saturated heterocycles. The van der Waals surface area contributed by atoms with Gasteiger partial charge < -0.3 is 5.73 Å². The van der Waals surface area contributed by atoms with Crippen molar-refractivity contribution < 1.29 is 0 Å². The summed E-state index contributed by atoms with van der Waals surface area (Å²) in [6.45, 7) is 9.47. The molecule has 2 N–H and O–H groups in total. The second-order valence-electron chi connectivity index (χ2n) is 6.08. The van der Waals surface area contributed by atoms with E-state index in [1.54, 1.807) is 0 Å². The third kappa shape index (κ3) is 3.29. The van der Waals surface area contributed by atoms with Gasteiger partial charge in [0.05, 0.1) is 0 Å². The van der Waals surface area contributed by atoms with Gasteiger partial charge in [-0.1, -0.05) is 67.4 Å². The van der Waals surface area contributed by atoms with E-state index in [1.807, 2.05) is 0 Å². The van der Waals surface area contributed by atoms with E-state index in [9.17, 15) is 0 Å². The van der Waals surface area contributed by atoms with Crippen LogP contribution < -0.4 is 5.73 Å². The summed E-state index contributed by atoms with van der Waals surface area (Å²) in [4.78, 5) is 0. The molecule has 2 aromatic rings. The van der Waals surface area contributed by atoms with Crippen molar-refractivity contribution in [2.75, 3.05) is 6.54 Å². The molecule has 0 aliphatic rings. The first-order valence-electron chi connectivity index (χ1n) is 7.40. The van der Waals surface area contributed by atoms with Crippen LogP contribution in [0.3, 0.4) is 0 Å². The fourth-order valence-corrected chi connectivity index (χ4v) is 2.86. The third-order valence-electron chi connectivity index (χ3n) is 3.95. The lowest BCUT2D eigenvalue weighted by Crippen LogP contribution is -2.17. The van der Waals surface area contributed by atoms with Gasteiger partial charge in [0.2, 0.25) is 0 Å². The Balaban J connectivity index is 2.32. The summed E-state index contributed by atoms with van der Waals surface area (Å²) in [5.74, 6) is 1.02. The van der Waals surface area contributed by atoms with E-state index in [1.165, 1.54) is 27.8 Å². The Morgan fingerprint density at radius 2 is 1.40 bits per heavy atom. The number of rotatable bonds is 4. The van der Waals surface area contributed by atoms with Gasteiger partial charge in [-0.15, -0.1) is 0 Å². The van der Waals surface area contributed by atoms with Crippen LogP contribution in [-0.4, -0.2) is 6.54 Å². The maximum absolute atomic E-state index is 5.89. The van der Waals surface area contributed by atoms with E-state index in [0.717, 1.165) is 0 Å². The summed E-state index contributed by atoms with van der Waals surface area (Å²) in [7, 11) is 0. The van der Waals surface area contributed by atoms with E-state index in [2.05, 4.69) is 70.2 Å². The van der Waals surface area contributed by atoms with Crippen LogP contribution in [0, 0.1) is 19.8 Å². The van der Waals surface area contributed by atoms with Crippen molar-refractivity contribution in [1.29, 1.82) is 0 Å². The minimum absolute atomic E-state index is 0.447. The zero-order chi connectivity index (χ0) is 14.7. The molecule has 2 aromatic carbocycles. The molecule has 1 heteroatoms. The Morgan fingerprint density at radius 1 is 0.850 bits per heavy atom. The van der Waals surface area contributed by atoms with Crippen LogP contribution in [0.4, 0.5) is 0 Å². The molecule has 0 amide bonds. The van der Waals surface area contributed by atoms with Gasteiger partial charge in [0.25, 0.3) is 0 Å². The Labute approximate surface area is 122 Å². The standard InChI is InChI=1S/C19H25N/c1-13(2)19(12-20)17-7-5-16(6-8-17)18-10-14(3)9-15(4)11-18/h5-11,13,19H,12,20H2,1-4H3. The van der Waals surface area contributed by atoms with E-state index in [-0.39, 0.29) is 0 Å². The lowest BCUT2D eigenvalue weighted by atomic mass is 9.87. The summed E-state index contributed by atoms with van der Waals surface area (Å²) in [6, 6.07) is 15.6. The highest BCUT2D eigenvalue weighted by Crippen LogP contribution is 2.27. The number of nitrogens with two attached hydrogens (primary N) is 1. The zero-order valence-corrected chi connectivity index (χ0v) is 13.0. The molecular formula is C19H25N. The van der Waals surface area contributed by atoms with Gasteiger partial charge in [0, 0.05) is 0 Å². The maximum Gasteiger partial charge on any atom is -0.000577 e. The molecule has 1 nitrogen and oxygen atoms in total. The van der Waals surface area contributed by atoms with Crippen molar-refractivity contribution >= 4 is 0 Å². The highest BCUT2D eigenvalue weighted by atomic mass is 14.6. The number of benzene rings is 2. The monoisotopic (exact) mass is 267 g/mol. The Bertz CT molecular complexity index is 547. The summed E-state index contributed by atoms with van der Waals surface area (Å²) in [5.41, 5.74) is 12.4. The van der Waals surface area contributed by atoms with Gasteiger partial charge in [0.1, 0.15) is 0 Å². The van der Waals surface area contributed by atoms with Crippen LogP contribution in [0.15, 0.2) is 42.5 Å². The fraction of sp³-hybridized carbons (Fsp3) is 0.368. The molecule has 0 aliphatic carbocycles. The molecule has 1 atom stereocenters. The first-order valence-corrected chi connectivity index (χ1v) is 7.40. The molecule has 106 valence electrons. The number of hydrogen-bond donors (Lipinski definition) is 1. The van der Waals surface area contributed by atoms with E-state index in [4.69, 9.17) is 5.73 Å². The molecule has 0 spiro atoms. The van der Waals surface area contributed by atoms with E-state index < -0.39 is 0 Å². The van der Waals surface area contributed by atoms with Crippen molar-refractivity contribution in [3.05, 3.63) is 59.2 Å². The molecular weight excluding hydrogens is 242 g/mol. The smallest absolute Gasteiger partial charge is 0.000577 e. The minimum Gasteiger partial charge on any atom is -0.330 e. The van der Waals surface area contributed by atoms with Crippen LogP contribution in [0.1, 0.15) is 36.5 Å². The van der Waals surface area contributed by atoms with Crippen molar-refractivity contribution in [3.8, 4) is 11.1 Å². The Hall–Kier alpha value is -1.60. The first kappa shape index (κ1) is 14.8. The lowest BCUT2D eigenvalue weighted by Gasteiger charge is -2.19. The van der Waals surface area contributed by atoms with E-state index in [0.29, 0.717) is 18.4 Å². The molecule has 0 aliphatic heterocycles. The van der Waals surface area contributed by atoms with Gasteiger partial charge in [-0.25, -0.2) is 0 Å². The summed E-state index contributed by atoms with van der Waals surface area (Å²) < 4.78 is 0. The Morgan fingerprint density at radius 3 is 1.85 bits per heavy atom. The second-order valence-corrected chi connectivity index (χ2v) is 6.08. The van der Waals surface area contributed by atoms with Gasteiger partial charge in [-0.05, 0) is 48.9 Å². The van der Waals surface area contributed by atoms with Crippen molar-refractivity contribution in [3.63, 3.8) is 0 Å². The van der Waals surface area contributed by atoms with Crippen LogP contribution in [0.2, 0.25) is 0 Å². The topological polar surface area (TPSA) is 26.0 Å². The maximum atomic E-state index is 5.89. The molecule has 0 aromatic heterocycles. The normalized spacial score (nSPS) is 12.7. The molecule has 0 fully saturated rings. The molecule has 0 bridgehead atoms. The zero-order valence-electron chi connectivity index (χ0n) is 13.0. The van der Waals surface area contributed by atoms with Crippen LogP contribution >= 0.6 is 0 Å². The average molecular weight is 267 g/mol. The van der Waals surface area contributed by atoms with Crippen molar-refractivity contribution in [2.45, 2.75) is 33.6 Å². The molecule has 20 heavy (non-hydrogen) atoms.